The molecule has 0 aliphatic carbocycles. The van der Waals surface area contributed by atoms with Gasteiger partial charge in [0.25, 0.3) is 0 Å². The molecule has 1 N–H and O–H groups in total. The number of hydrogen-bond acceptors (Lipinski definition) is 2. The van der Waals surface area contributed by atoms with Gasteiger partial charge in [-0.15, -0.1) is 6.58 Å². The summed E-state index contributed by atoms with van der Waals surface area (Å²) in [6.45, 7) is 7.37. The second-order valence-electron chi connectivity index (χ2n) is 3.40. The molecule has 0 aromatic carbocycles. The van der Waals surface area contributed by atoms with Crippen LogP contribution >= 0.6 is 0 Å². The van der Waals surface area contributed by atoms with Gasteiger partial charge in [0.1, 0.15) is 0 Å². The highest BCUT2D eigenvalue weighted by Gasteiger charge is 2.36. The Bertz CT molecular complexity index is 219. The molecule has 4 nitrogen and oxygen atoms in total. The third kappa shape index (κ3) is 1.60. The summed E-state index contributed by atoms with van der Waals surface area (Å²) in [5.74, 6) is 0.394. The van der Waals surface area contributed by atoms with Crippen molar-refractivity contribution in [2.75, 3.05) is 13.1 Å². The van der Waals surface area contributed by atoms with Crippen molar-refractivity contribution in [3.05, 3.63) is 23.1 Å². The summed E-state index contributed by atoms with van der Waals surface area (Å²) < 4.78 is 0. The van der Waals surface area contributed by atoms with E-state index < -0.39 is 0 Å². The van der Waals surface area contributed by atoms with Crippen molar-refractivity contribution < 1.29 is 0 Å². The Morgan fingerprint density at radius 1 is 1.92 bits per heavy atom. The number of nitrogens with one attached hydrogen (secondary N) is 1. The van der Waals surface area contributed by atoms with Crippen molar-refractivity contribution in [2.45, 2.75) is 18.9 Å². The molecule has 2 atom stereocenters. The number of rotatable bonds is 3. The Kier molecular flexibility index (Phi) is 2.74. The van der Waals surface area contributed by atoms with Gasteiger partial charge in [0.15, 0.2) is 0 Å². The maximum absolute atomic E-state index is 8.38. The molecule has 1 saturated heterocycles. The predicted octanol–water partition coefficient (Wildman–Crippen LogP) is 1.85. The summed E-state index contributed by atoms with van der Waals surface area (Å²) in [4.78, 5) is 2.87. The van der Waals surface area contributed by atoms with Crippen LogP contribution in [0.25, 0.3) is 10.4 Å². The number of hydrogen-bond donors (Lipinski definition) is 1. The third-order valence-electron chi connectivity index (χ3n) is 2.48. The molecule has 0 amide bonds. The van der Waals surface area contributed by atoms with Gasteiger partial charge in [-0.1, -0.05) is 18.1 Å². The van der Waals surface area contributed by atoms with Crippen LogP contribution in [0, 0.1) is 5.92 Å². The van der Waals surface area contributed by atoms with Crippen molar-refractivity contribution in [3.8, 4) is 0 Å². The molecule has 0 radical (unpaired) electrons. The fourth-order valence-electron chi connectivity index (χ4n) is 1.62. The summed E-state index contributed by atoms with van der Waals surface area (Å²) in [5, 5.41) is 7.05. The molecule has 1 aliphatic heterocycles. The molecular weight excluding hydrogens is 152 g/mol. The second kappa shape index (κ2) is 3.61. The van der Waals surface area contributed by atoms with Crippen molar-refractivity contribution in [2.24, 2.45) is 11.0 Å². The standard InChI is InChI=1S/C8H14N4/c1-3-4-7-5-10-6-8(7,2)11-12-9/h3,7,10H,1,4-6H2,2H3/t7-,8?/m0/s1. The quantitative estimate of drug-likeness (QED) is 0.296. The van der Waals surface area contributed by atoms with E-state index in [1.54, 1.807) is 0 Å². The van der Waals surface area contributed by atoms with Crippen molar-refractivity contribution in [1.82, 2.24) is 5.32 Å². The SMILES string of the molecule is C=CC[C@H]1CNCC1(C)N=[N+]=[N-]. The molecule has 1 heterocycles. The molecule has 0 aromatic heterocycles. The van der Waals surface area contributed by atoms with Gasteiger partial charge < -0.3 is 5.32 Å². The molecule has 0 spiro atoms. The van der Waals surface area contributed by atoms with Gasteiger partial charge in [-0.3, -0.25) is 0 Å². The lowest BCUT2D eigenvalue weighted by Gasteiger charge is -2.23. The van der Waals surface area contributed by atoms with Crippen LogP contribution in [-0.4, -0.2) is 18.6 Å². The first kappa shape index (κ1) is 9.10. The third-order valence-corrected chi connectivity index (χ3v) is 2.48. The first-order valence-corrected chi connectivity index (χ1v) is 4.11. The van der Waals surface area contributed by atoms with Crippen LogP contribution in [0.1, 0.15) is 13.3 Å². The summed E-state index contributed by atoms with van der Waals surface area (Å²) in [5.41, 5.74) is 8.12. The Hall–Kier alpha value is -0.990. The van der Waals surface area contributed by atoms with Gasteiger partial charge in [-0.25, -0.2) is 0 Å². The number of allylic oxidation sites excluding steroid dienone is 1. The highest BCUT2D eigenvalue weighted by molar-refractivity contribution is 5.01. The Morgan fingerprint density at radius 3 is 3.25 bits per heavy atom. The maximum Gasteiger partial charge on any atom is 0.0627 e. The van der Waals surface area contributed by atoms with Crippen molar-refractivity contribution >= 4 is 0 Å². The second-order valence-corrected chi connectivity index (χ2v) is 3.40. The molecule has 1 fully saturated rings. The summed E-state index contributed by atoms with van der Waals surface area (Å²) in [7, 11) is 0. The van der Waals surface area contributed by atoms with E-state index in [1.165, 1.54) is 0 Å². The summed E-state index contributed by atoms with van der Waals surface area (Å²) in [6, 6.07) is 0. The average Bonchev–Trinajstić information content (AvgIpc) is 2.35. The number of azide groups is 1. The minimum Gasteiger partial charge on any atom is -0.316 e. The van der Waals surface area contributed by atoms with Gasteiger partial charge in [0.05, 0.1) is 5.54 Å². The molecule has 1 unspecified atom stereocenters. The lowest BCUT2D eigenvalue weighted by Crippen LogP contribution is -2.31. The van der Waals surface area contributed by atoms with E-state index in [4.69, 9.17) is 5.53 Å². The summed E-state index contributed by atoms with van der Waals surface area (Å²) >= 11 is 0. The lowest BCUT2D eigenvalue weighted by atomic mass is 9.87. The van der Waals surface area contributed by atoms with Gasteiger partial charge in [-0.05, 0) is 24.4 Å². The molecule has 12 heavy (non-hydrogen) atoms. The van der Waals surface area contributed by atoms with E-state index in [9.17, 15) is 0 Å². The Labute approximate surface area is 72.3 Å². The zero-order chi connectivity index (χ0) is 9.03. The minimum atomic E-state index is -0.261. The van der Waals surface area contributed by atoms with Crippen LogP contribution in [0.15, 0.2) is 17.8 Å². The van der Waals surface area contributed by atoms with Crippen LogP contribution in [0.4, 0.5) is 0 Å². The lowest BCUT2D eigenvalue weighted by molar-refractivity contribution is 0.378. The van der Waals surface area contributed by atoms with Gasteiger partial charge >= 0.3 is 0 Å². The summed E-state index contributed by atoms with van der Waals surface area (Å²) in [6.07, 6.45) is 2.78. The minimum absolute atomic E-state index is 0.261. The van der Waals surface area contributed by atoms with Crippen LogP contribution in [0.5, 0.6) is 0 Å². The predicted molar refractivity (Wildman–Crippen MR) is 48.7 cm³/mol. The fourth-order valence-corrected chi connectivity index (χ4v) is 1.62. The van der Waals surface area contributed by atoms with E-state index >= 15 is 0 Å². The van der Waals surface area contributed by atoms with E-state index in [0.717, 1.165) is 19.5 Å². The van der Waals surface area contributed by atoms with E-state index in [1.807, 2.05) is 13.0 Å². The maximum atomic E-state index is 8.38. The zero-order valence-electron chi connectivity index (χ0n) is 7.32. The van der Waals surface area contributed by atoms with Gasteiger partial charge in [0.2, 0.25) is 0 Å². The van der Waals surface area contributed by atoms with Crippen LogP contribution < -0.4 is 5.32 Å². The Balaban J connectivity index is 2.73. The highest BCUT2D eigenvalue weighted by Crippen LogP contribution is 2.28. The normalized spacial score (nSPS) is 34.2. The topological polar surface area (TPSA) is 60.8 Å². The largest absolute Gasteiger partial charge is 0.316 e. The number of nitrogens with zero attached hydrogens (tertiary/aromatic N) is 3. The monoisotopic (exact) mass is 166 g/mol. The molecule has 1 rings (SSSR count). The van der Waals surface area contributed by atoms with E-state index in [2.05, 4.69) is 21.9 Å². The average molecular weight is 166 g/mol. The smallest absolute Gasteiger partial charge is 0.0627 e. The van der Waals surface area contributed by atoms with E-state index in [0.29, 0.717) is 5.92 Å². The first-order chi connectivity index (χ1) is 5.73. The van der Waals surface area contributed by atoms with Gasteiger partial charge in [-0.2, -0.15) is 0 Å². The van der Waals surface area contributed by atoms with Gasteiger partial charge in [0, 0.05) is 11.5 Å². The van der Waals surface area contributed by atoms with Crippen molar-refractivity contribution in [1.29, 1.82) is 0 Å². The van der Waals surface area contributed by atoms with Crippen LogP contribution in [0.3, 0.4) is 0 Å². The van der Waals surface area contributed by atoms with Crippen molar-refractivity contribution in [3.63, 3.8) is 0 Å². The highest BCUT2D eigenvalue weighted by atomic mass is 15.2. The molecule has 66 valence electrons. The first-order valence-electron chi connectivity index (χ1n) is 4.11. The van der Waals surface area contributed by atoms with Crippen LogP contribution in [-0.2, 0) is 0 Å². The molecule has 1 aliphatic rings. The molecule has 0 aromatic rings. The van der Waals surface area contributed by atoms with Crippen LogP contribution in [0.2, 0.25) is 0 Å². The molecule has 0 saturated carbocycles. The van der Waals surface area contributed by atoms with E-state index in [-0.39, 0.29) is 5.54 Å². The Morgan fingerprint density at radius 2 is 2.67 bits per heavy atom. The molecule has 0 bridgehead atoms. The molecule has 4 heteroatoms. The fraction of sp³-hybridized carbons (Fsp3) is 0.750. The molecular formula is C8H14N4. The zero-order valence-corrected chi connectivity index (χ0v) is 7.32.